The number of carbonyl (C=O) groups is 1. The van der Waals surface area contributed by atoms with Crippen molar-refractivity contribution in [3.8, 4) is 0 Å². The molecule has 0 spiro atoms. The Labute approximate surface area is 150 Å². The van der Waals surface area contributed by atoms with Crippen LogP contribution in [0.4, 0.5) is 0 Å². The minimum absolute atomic E-state index is 0.158. The molecule has 134 valence electrons. The lowest BCUT2D eigenvalue weighted by Crippen LogP contribution is -2.45. The van der Waals surface area contributed by atoms with Crippen molar-refractivity contribution in [2.75, 3.05) is 33.8 Å². The van der Waals surface area contributed by atoms with Gasteiger partial charge in [0.2, 0.25) is 0 Å². The van der Waals surface area contributed by atoms with Crippen LogP contribution in [-0.4, -0.2) is 55.6 Å². The highest BCUT2D eigenvalue weighted by Crippen LogP contribution is 2.30. The number of likely N-dealkylation sites (N-methyl/N-ethyl adjacent to an activating group) is 1. The van der Waals surface area contributed by atoms with Crippen molar-refractivity contribution < 1.29 is 9.53 Å². The van der Waals surface area contributed by atoms with Crippen molar-refractivity contribution in [3.05, 3.63) is 48.0 Å². The molecule has 0 radical (unpaired) electrons. The Bertz CT molecular complexity index is 717. The van der Waals surface area contributed by atoms with Crippen LogP contribution in [0, 0.1) is 0 Å². The molecule has 1 atom stereocenters. The zero-order valence-corrected chi connectivity index (χ0v) is 15.4. The summed E-state index contributed by atoms with van der Waals surface area (Å²) >= 11 is 0. The molecule has 2 aromatic rings. The second kappa shape index (κ2) is 7.98. The van der Waals surface area contributed by atoms with Crippen molar-refractivity contribution >= 4 is 16.7 Å². The van der Waals surface area contributed by atoms with E-state index in [9.17, 15) is 4.79 Å². The second-order valence-electron chi connectivity index (χ2n) is 7.00. The summed E-state index contributed by atoms with van der Waals surface area (Å²) < 4.78 is 4.78. The Morgan fingerprint density at radius 2 is 1.88 bits per heavy atom. The summed E-state index contributed by atoms with van der Waals surface area (Å²) in [4.78, 5) is 16.2. The first-order chi connectivity index (χ1) is 12.1. The lowest BCUT2D eigenvalue weighted by Gasteiger charge is -2.39. The van der Waals surface area contributed by atoms with Gasteiger partial charge in [0, 0.05) is 25.2 Å². The molecule has 0 N–H and O–H groups in total. The van der Waals surface area contributed by atoms with Gasteiger partial charge in [-0.3, -0.25) is 14.6 Å². The number of carbonyl (C=O) groups excluding carboxylic acids is 1. The molecule has 1 aliphatic heterocycles. The minimum Gasteiger partial charge on any atom is -0.468 e. The van der Waals surface area contributed by atoms with Gasteiger partial charge < -0.3 is 4.74 Å². The van der Waals surface area contributed by atoms with Gasteiger partial charge in [-0.1, -0.05) is 42.5 Å². The molecule has 1 heterocycles. The van der Waals surface area contributed by atoms with Crippen LogP contribution in [0.5, 0.6) is 0 Å². The molecular formula is C21H28N2O2. The number of piperidine rings is 1. The Hall–Kier alpha value is -1.91. The standard InChI is InChI=1S/C21H28N2O2/c1-16(19-10-6-8-17-7-4-5-9-20(17)19)23-13-11-18(12-14-23)22(2)15-21(24)25-3/h4-10,16,18H,11-15H2,1-3H3. The van der Waals surface area contributed by atoms with Crippen molar-refractivity contribution in [1.82, 2.24) is 9.80 Å². The van der Waals surface area contributed by atoms with Gasteiger partial charge in [-0.05, 0) is 43.1 Å². The molecule has 0 amide bonds. The zero-order chi connectivity index (χ0) is 17.8. The van der Waals surface area contributed by atoms with Gasteiger partial charge in [0.05, 0.1) is 13.7 Å². The van der Waals surface area contributed by atoms with Gasteiger partial charge in [-0.15, -0.1) is 0 Å². The maximum Gasteiger partial charge on any atom is 0.319 e. The SMILES string of the molecule is COC(=O)CN(C)C1CCN(C(C)c2cccc3ccccc23)CC1. The summed E-state index contributed by atoms with van der Waals surface area (Å²) in [5.41, 5.74) is 1.40. The summed E-state index contributed by atoms with van der Waals surface area (Å²) in [5.74, 6) is -0.158. The summed E-state index contributed by atoms with van der Waals surface area (Å²) in [5, 5.41) is 2.65. The molecule has 1 unspecified atom stereocenters. The van der Waals surface area contributed by atoms with Crippen LogP contribution < -0.4 is 0 Å². The minimum atomic E-state index is -0.158. The van der Waals surface area contributed by atoms with E-state index in [0.29, 0.717) is 18.6 Å². The fourth-order valence-electron chi connectivity index (χ4n) is 3.92. The predicted octanol–water partition coefficient (Wildman–Crippen LogP) is 3.47. The largest absolute Gasteiger partial charge is 0.468 e. The number of hydrogen-bond acceptors (Lipinski definition) is 4. The van der Waals surface area contributed by atoms with Gasteiger partial charge in [-0.2, -0.15) is 0 Å². The summed E-state index contributed by atoms with van der Waals surface area (Å²) in [6.07, 6.45) is 2.17. The topological polar surface area (TPSA) is 32.8 Å². The van der Waals surface area contributed by atoms with Crippen LogP contribution >= 0.6 is 0 Å². The third kappa shape index (κ3) is 4.02. The Kier molecular flexibility index (Phi) is 5.71. The molecule has 4 nitrogen and oxygen atoms in total. The van der Waals surface area contributed by atoms with Crippen molar-refractivity contribution in [2.24, 2.45) is 0 Å². The van der Waals surface area contributed by atoms with Gasteiger partial charge in [0.15, 0.2) is 0 Å². The fraction of sp³-hybridized carbons (Fsp3) is 0.476. The van der Waals surface area contributed by atoms with Crippen molar-refractivity contribution in [2.45, 2.75) is 31.8 Å². The normalized spacial score (nSPS) is 17.8. The maximum atomic E-state index is 11.5. The van der Waals surface area contributed by atoms with E-state index in [0.717, 1.165) is 25.9 Å². The highest BCUT2D eigenvalue weighted by molar-refractivity contribution is 5.86. The molecule has 1 fully saturated rings. The predicted molar refractivity (Wildman–Crippen MR) is 102 cm³/mol. The number of esters is 1. The van der Waals surface area contributed by atoms with E-state index >= 15 is 0 Å². The first kappa shape index (κ1) is 17.9. The lowest BCUT2D eigenvalue weighted by molar-refractivity contribution is -0.142. The highest BCUT2D eigenvalue weighted by Gasteiger charge is 2.27. The van der Waals surface area contributed by atoms with E-state index in [1.807, 2.05) is 7.05 Å². The number of benzene rings is 2. The van der Waals surface area contributed by atoms with Gasteiger partial charge >= 0.3 is 5.97 Å². The Balaban J connectivity index is 1.65. The molecule has 25 heavy (non-hydrogen) atoms. The summed E-state index contributed by atoms with van der Waals surface area (Å²) in [7, 11) is 3.47. The molecular weight excluding hydrogens is 312 g/mol. The number of fused-ring (bicyclic) bond motifs is 1. The molecule has 0 aliphatic carbocycles. The van der Waals surface area contributed by atoms with E-state index in [4.69, 9.17) is 4.74 Å². The summed E-state index contributed by atoms with van der Waals surface area (Å²) in [6, 6.07) is 16.1. The van der Waals surface area contributed by atoms with E-state index in [2.05, 4.69) is 59.2 Å². The quantitative estimate of drug-likeness (QED) is 0.780. The van der Waals surface area contributed by atoms with Crippen LogP contribution in [-0.2, 0) is 9.53 Å². The Morgan fingerprint density at radius 3 is 2.60 bits per heavy atom. The monoisotopic (exact) mass is 340 g/mol. The Morgan fingerprint density at radius 1 is 1.20 bits per heavy atom. The molecule has 2 aromatic carbocycles. The van der Waals surface area contributed by atoms with Gasteiger partial charge in [-0.25, -0.2) is 0 Å². The summed E-state index contributed by atoms with van der Waals surface area (Å²) in [6.45, 7) is 4.79. The molecule has 3 rings (SSSR count). The van der Waals surface area contributed by atoms with Crippen molar-refractivity contribution in [1.29, 1.82) is 0 Å². The average Bonchev–Trinajstić information content (AvgIpc) is 2.67. The number of ether oxygens (including phenoxy) is 1. The second-order valence-corrected chi connectivity index (χ2v) is 7.00. The van der Waals surface area contributed by atoms with Crippen LogP contribution in [0.1, 0.15) is 31.4 Å². The third-order valence-electron chi connectivity index (χ3n) is 5.55. The van der Waals surface area contributed by atoms with E-state index in [1.165, 1.54) is 23.4 Å². The highest BCUT2D eigenvalue weighted by atomic mass is 16.5. The zero-order valence-electron chi connectivity index (χ0n) is 15.4. The first-order valence-electron chi connectivity index (χ1n) is 9.09. The van der Waals surface area contributed by atoms with Crippen LogP contribution in [0.3, 0.4) is 0 Å². The van der Waals surface area contributed by atoms with Crippen LogP contribution in [0.15, 0.2) is 42.5 Å². The van der Waals surface area contributed by atoms with Crippen LogP contribution in [0.2, 0.25) is 0 Å². The number of hydrogen-bond donors (Lipinski definition) is 0. The molecule has 1 aliphatic rings. The maximum absolute atomic E-state index is 11.5. The molecule has 4 heteroatoms. The fourth-order valence-corrected chi connectivity index (χ4v) is 3.92. The van der Waals surface area contributed by atoms with E-state index in [1.54, 1.807) is 0 Å². The molecule has 0 bridgehead atoms. The van der Waals surface area contributed by atoms with Gasteiger partial charge in [0.1, 0.15) is 0 Å². The van der Waals surface area contributed by atoms with Gasteiger partial charge in [0.25, 0.3) is 0 Å². The van der Waals surface area contributed by atoms with E-state index in [-0.39, 0.29) is 5.97 Å². The van der Waals surface area contributed by atoms with Crippen LogP contribution in [0.25, 0.3) is 10.8 Å². The van der Waals surface area contributed by atoms with E-state index < -0.39 is 0 Å². The smallest absolute Gasteiger partial charge is 0.319 e. The first-order valence-corrected chi connectivity index (χ1v) is 9.09. The number of methoxy groups -OCH3 is 1. The molecule has 1 saturated heterocycles. The van der Waals surface area contributed by atoms with Crippen molar-refractivity contribution in [3.63, 3.8) is 0 Å². The molecule has 0 saturated carbocycles. The lowest BCUT2D eigenvalue weighted by atomic mass is 9.96. The number of rotatable bonds is 5. The molecule has 0 aromatic heterocycles. The number of likely N-dealkylation sites (tertiary alicyclic amines) is 1. The third-order valence-corrected chi connectivity index (χ3v) is 5.55. The number of nitrogens with zero attached hydrogens (tertiary/aromatic N) is 2. The average molecular weight is 340 g/mol.